The number of nitrogens with two attached hydrogens (primary N) is 1. The molecule has 1 fully saturated rings. The van der Waals surface area contributed by atoms with Crippen LogP contribution in [0, 0.1) is 0 Å². The highest BCUT2D eigenvalue weighted by Crippen LogP contribution is 2.33. The van der Waals surface area contributed by atoms with E-state index in [0.717, 1.165) is 26.1 Å². The fourth-order valence-electron chi connectivity index (χ4n) is 2.76. The Balaban J connectivity index is 1.90. The van der Waals surface area contributed by atoms with Crippen LogP contribution < -0.4 is 10.6 Å². The summed E-state index contributed by atoms with van der Waals surface area (Å²) in [6.45, 7) is 11.2. The van der Waals surface area contributed by atoms with E-state index in [1.165, 1.54) is 36.6 Å². The van der Waals surface area contributed by atoms with Crippen molar-refractivity contribution in [2.75, 3.05) is 44.2 Å². The van der Waals surface area contributed by atoms with E-state index in [4.69, 9.17) is 5.73 Å². The van der Waals surface area contributed by atoms with Crippen molar-refractivity contribution >= 4 is 17.4 Å². The van der Waals surface area contributed by atoms with Gasteiger partial charge in [-0.1, -0.05) is 26.0 Å². The molecule has 0 amide bonds. The Labute approximate surface area is 133 Å². The van der Waals surface area contributed by atoms with Gasteiger partial charge in [-0.15, -0.1) is 11.8 Å². The Morgan fingerprint density at radius 2 is 1.81 bits per heavy atom. The summed E-state index contributed by atoms with van der Waals surface area (Å²) in [5, 5.41) is 0.628. The van der Waals surface area contributed by atoms with Gasteiger partial charge < -0.3 is 10.6 Å². The van der Waals surface area contributed by atoms with Crippen LogP contribution in [0.4, 0.5) is 5.69 Å². The van der Waals surface area contributed by atoms with Crippen LogP contribution in [-0.4, -0.2) is 49.4 Å². The SMILES string of the molecule is CC(C)Sc1ccccc1N1CCN(CCCCN)CC1. The highest BCUT2D eigenvalue weighted by molar-refractivity contribution is 8.00. The maximum Gasteiger partial charge on any atom is 0.0505 e. The second kappa shape index (κ2) is 8.66. The number of rotatable bonds is 7. The summed E-state index contributed by atoms with van der Waals surface area (Å²) in [5.74, 6) is 0. The smallest absolute Gasteiger partial charge is 0.0505 e. The largest absolute Gasteiger partial charge is 0.368 e. The van der Waals surface area contributed by atoms with Crippen LogP contribution in [0.2, 0.25) is 0 Å². The van der Waals surface area contributed by atoms with E-state index in [1.807, 2.05) is 11.8 Å². The van der Waals surface area contributed by atoms with Crippen LogP contribution in [0.25, 0.3) is 0 Å². The summed E-state index contributed by atoms with van der Waals surface area (Å²) < 4.78 is 0. The average Bonchev–Trinajstić information content (AvgIpc) is 2.48. The van der Waals surface area contributed by atoms with Gasteiger partial charge >= 0.3 is 0 Å². The number of para-hydroxylation sites is 1. The molecule has 1 aromatic rings. The molecule has 3 nitrogen and oxygen atoms in total. The third-order valence-corrected chi connectivity index (χ3v) is 4.94. The van der Waals surface area contributed by atoms with E-state index in [-0.39, 0.29) is 0 Å². The second-order valence-corrected chi connectivity index (χ2v) is 7.58. The predicted octanol–water partition coefficient (Wildman–Crippen LogP) is 3.05. The van der Waals surface area contributed by atoms with E-state index < -0.39 is 0 Å². The molecule has 1 saturated heterocycles. The van der Waals surface area contributed by atoms with Crippen molar-refractivity contribution in [2.24, 2.45) is 5.73 Å². The zero-order valence-corrected chi connectivity index (χ0v) is 14.2. The molecule has 0 radical (unpaired) electrons. The molecule has 0 unspecified atom stereocenters. The third-order valence-electron chi connectivity index (χ3n) is 3.87. The van der Waals surface area contributed by atoms with Gasteiger partial charge in [0.1, 0.15) is 0 Å². The lowest BCUT2D eigenvalue weighted by molar-refractivity contribution is 0.253. The molecule has 1 aliphatic heterocycles. The molecule has 0 spiro atoms. The first kappa shape index (κ1) is 16.7. The monoisotopic (exact) mass is 307 g/mol. The quantitative estimate of drug-likeness (QED) is 0.620. The molecule has 2 N–H and O–H groups in total. The molecule has 0 aromatic heterocycles. The first-order valence-electron chi connectivity index (χ1n) is 8.13. The van der Waals surface area contributed by atoms with Crippen molar-refractivity contribution < 1.29 is 0 Å². The van der Waals surface area contributed by atoms with Crippen LogP contribution in [0.1, 0.15) is 26.7 Å². The van der Waals surface area contributed by atoms with Crippen molar-refractivity contribution in [1.29, 1.82) is 0 Å². The van der Waals surface area contributed by atoms with Gasteiger partial charge in [0.05, 0.1) is 5.69 Å². The summed E-state index contributed by atoms with van der Waals surface area (Å²) in [5.41, 5.74) is 6.98. The normalized spacial score (nSPS) is 16.7. The molecule has 1 heterocycles. The Bertz CT molecular complexity index is 414. The van der Waals surface area contributed by atoms with Gasteiger partial charge in [-0.05, 0) is 38.1 Å². The molecule has 2 rings (SSSR count). The summed E-state index contributed by atoms with van der Waals surface area (Å²) >= 11 is 1.97. The number of piperazine rings is 1. The summed E-state index contributed by atoms with van der Waals surface area (Å²) in [4.78, 5) is 6.54. The standard InChI is InChI=1S/C17H29N3S/c1-15(2)21-17-8-4-3-7-16(17)20-13-11-19(12-14-20)10-6-5-9-18/h3-4,7-8,15H,5-6,9-14,18H2,1-2H3. The van der Waals surface area contributed by atoms with Gasteiger partial charge in [0, 0.05) is 36.3 Å². The Morgan fingerprint density at radius 1 is 1.10 bits per heavy atom. The van der Waals surface area contributed by atoms with Crippen LogP contribution in [0.3, 0.4) is 0 Å². The van der Waals surface area contributed by atoms with Crippen LogP contribution in [0.15, 0.2) is 29.2 Å². The van der Waals surface area contributed by atoms with Gasteiger partial charge in [0.2, 0.25) is 0 Å². The summed E-state index contributed by atoms with van der Waals surface area (Å²) in [6, 6.07) is 8.84. The summed E-state index contributed by atoms with van der Waals surface area (Å²) in [7, 11) is 0. The first-order chi connectivity index (χ1) is 10.2. The molecule has 118 valence electrons. The topological polar surface area (TPSA) is 32.5 Å². The Kier molecular flexibility index (Phi) is 6.87. The lowest BCUT2D eigenvalue weighted by Gasteiger charge is -2.37. The number of anilines is 1. The minimum absolute atomic E-state index is 0.628. The van der Waals surface area contributed by atoms with Gasteiger partial charge in [-0.3, -0.25) is 4.90 Å². The van der Waals surface area contributed by atoms with Crippen LogP contribution >= 0.6 is 11.8 Å². The highest BCUT2D eigenvalue weighted by atomic mass is 32.2. The van der Waals surface area contributed by atoms with Gasteiger partial charge in [-0.25, -0.2) is 0 Å². The molecule has 0 saturated carbocycles. The van der Waals surface area contributed by atoms with E-state index in [0.29, 0.717) is 5.25 Å². The fourth-order valence-corrected chi connectivity index (χ4v) is 3.75. The number of hydrogen-bond acceptors (Lipinski definition) is 4. The number of benzene rings is 1. The van der Waals surface area contributed by atoms with Gasteiger partial charge in [0.25, 0.3) is 0 Å². The maximum atomic E-state index is 5.57. The molecule has 0 atom stereocenters. The predicted molar refractivity (Wildman–Crippen MR) is 94.4 cm³/mol. The molecule has 1 aliphatic rings. The molecule has 0 aliphatic carbocycles. The van der Waals surface area contributed by atoms with Gasteiger partial charge in [0.15, 0.2) is 0 Å². The second-order valence-electron chi connectivity index (χ2n) is 5.96. The lowest BCUT2D eigenvalue weighted by Crippen LogP contribution is -2.46. The Hall–Kier alpha value is -0.710. The van der Waals surface area contributed by atoms with Crippen LogP contribution in [0.5, 0.6) is 0 Å². The van der Waals surface area contributed by atoms with E-state index >= 15 is 0 Å². The van der Waals surface area contributed by atoms with Crippen molar-refractivity contribution in [1.82, 2.24) is 4.90 Å². The van der Waals surface area contributed by atoms with Crippen molar-refractivity contribution in [3.8, 4) is 0 Å². The molecular weight excluding hydrogens is 278 g/mol. The number of unbranched alkanes of at least 4 members (excludes halogenated alkanes) is 1. The van der Waals surface area contributed by atoms with Crippen molar-refractivity contribution in [3.05, 3.63) is 24.3 Å². The molecule has 0 bridgehead atoms. The zero-order chi connectivity index (χ0) is 15.1. The maximum absolute atomic E-state index is 5.57. The number of nitrogens with zero attached hydrogens (tertiary/aromatic N) is 2. The minimum Gasteiger partial charge on any atom is -0.368 e. The molecule has 4 heteroatoms. The average molecular weight is 308 g/mol. The zero-order valence-electron chi connectivity index (χ0n) is 13.4. The lowest BCUT2D eigenvalue weighted by atomic mass is 10.2. The van der Waals surface area contributed by atoms with Crippen LogP contribution in [-0.2, 0) is 0 Å². The van der Waals surface area contributed by atoms with E-state index in [9.17, 15) is 0 Å². The fraction of sp³-hybridized carbons (Fsp3) is 0.647. The Morgan fingerprint density at radius 3 is 2.48 bits per heavy atom. The highest BCUT2D eigenvalue weighted by Gasteiger charge is 2.19. The van der Waals surface area contributed by atoms with Crippen molar-refractivity contribution in [3.63, 3.8) is 0 Å². The molecular formula is C17H29N3S. The van der Waals surface area contributed by atoms with Gasteiger partial charge in [-0.2, -0.15) is 0 Å². The molecule has 1 aromatic carbocycles. The van der Waals surface area contributed by atoms with Crippen molar-refractivity contribution in [2.45, 2.75) is 36.8 Å². The number of hydrogen-bond donors (Lipinski definition) is 1. The minimum atomic E-state index is 0.628. The first-order valence-corrected chi connectivity index (χ1v) is 9.01. The van der Waals surface area contributed by atoms with E-state index in [1.54, 1.807) is 0 Å². The molecule has 21 heavy (non-hydrogen) atoms. The van der Waals surface area contributed by atoms with E-state index in [2.05, 4.69) is 47.9 Å². The number of thioether (sulfide) groups is 1. The summed E-state index contributed by atoms with van der Waals surface area (Å²) in [6.07, 6.45) is 2.38. The third kappa shape index (κ3) is 5.20.